The normalized spacial score (nSPS) is 21.4. The van der Waals surface area contributed by atoms with E-state index in [0.717, 1.165) is 43.7 Å². The van der Waals surface area contributed by atoms with E-state index in [1.165, 1.54) is 12.1 Å². The maximum absolute atomic E-state index is 12.7. The lowest BCUT2D eigenvalue weighted by Gasteiger charge is -2.35. The van der Waals surface area contributed by atoms with Crippen molar-refractivity contribution in [3.8, 4) is 0 Å². The lowest BCUT2D eigenvalue weighted by Crippen LogP contribution is -2.49. The summed E-state index contributed by atoms with van der Waals surface area (Å²) in [6.07, 6.45) is 3.42. The second-order valence-corrected chi connectivity index (χ2v) is 8.39. The highest BCUT2D eigenvalue weighted by atomic mass is 35.5. The molecule has 2 amide bonds. The highest BCUT2D eigenvalue weighted by Gasteiger charge is 2.36. The van der Waals surface area contributed by atoms with Crippen LogP contribution in [0.15, 0.2) is 12.1 Å². The number of halogens is 1. The van der Waals surface area contributed by atoms with Gasteiger partial charge in [-0.1, -0.05) is 18.3 Å². The van der Waals surface area contributed by atoms with Crippen molar-refractivity contribution in [2.75, 3.05) is 26.2 Å². The second-order valence-electron chi connectivity index (χ2n) is 7.33. The molecule has 0 saturated carbocycles. The Bertz CT molecular complexity index is 705. The summed E-state index contributed by atoms with van der Waals surface area (Å²) in [5, 5.41) is 17.1. The molecular weight excluding hydrogens is 392 g/mol. The number of piperidine rings is 1. The molecule has 27 heavy (non-hydrogen) atoms. The molecule has 2 fully saturated rings. The summed E-state index contributed by atoms with van der Waals surface area (Å²) in [4.78, 5) is 37.5. The smallest absolute Gasteiger partial charge is 0.324 e. The lowest BCUT2D eigenvalue weighted by molar-refractivity contribution is -0.380. The van der Waals surface area contributed by atoms with E-state index in [0.29, 0.717) is 24.4 Å². The van der Waals surface area contributed by atoms with Gasteiger partial charge in [0.25, 0.3) is 5.91 Å². The Balaban J connectivity index is 0.00000261. The van der Waals surface area contributed by atoms with Gasteiger partial charge < -0.3 is 15.5 Å². The van der Waals surface area contributed by atoms with Crippen molar-refractivity contribution in [1.29, 1.82) is 0 Å². The summed E-state index contributed by atoms with van der Waals surface area (Å²) in [5.74, 6) is -0.421. The Kier molecular flexibility index (Phi) is 7.19. The van der Waals surface area contributed by atoms with Crippen LogP contribution in [0.25, 0.3) is 0 Å². The minimum Gasteiger partial charge on any atom is -0.354 e. The molecule has 1 aromatic rings. The summed E-state index contributed by atoms with van der Waals surface area (Å²) in [5.41, 5.74) is 0.0860. The van der Waals surface area contributed by atoms with E-state index in [-0.39, 0.29) is 34.6 Å². The van der Waals surface area contributed by atoms with Gasteiger partial charge in [0, 0.05) is 19.2 Å². The molecule has 2 N–H and O–H groups in total. The molecule has 2 saturated heterocycles. The fourth-order valence-electron chi connectivity index (χ4n) is 3.59. The first-order valence-corrected chi connectivity index (χ1v) is 9.75. The lowest BCUT2D eigenvalue weighted by atomic mass is 9.81. The van der Waals surface area contributed by atoms with Crippen LogP contribution in [0.3, 0.4) is 0 Å². The third-order valence-electron chi connectivity index (χ3n) is 5.30. The molecule has 8 nitrogen and oxygen atoms in total. The van der Waals surface area contributed by atoms with E-state index in [1.54, 1.807) is 4.90 Å². The molecule has 0 spiro atoms. The Morgan fingerprint density at radius 3 is 2.74 bits per heavy atom. The van der Waals surface area contributed by atoms with Crippen molar-refractivity contribution in [2.24, 2.45) is 5.41 Å². The molecule has 0 aliphatic carbocycles. The number of carbonyl (C=O) groups excluding carboxylic acids is 2. The zero-order valence-electron chi connectivity index (χ0n) is 15.2. The van der Waals surface area contributed by atoms with Crippen molar-refractivity contribution in [3.05, 3.63) is 27.1 Å². The van der Waals surface area contributed by atoms with Crippen LogP contribution in [-0.4, -0.2) is 53.9 Å². The third kappa shape index (κ3) is 4.97. The molecule has 3 rings (SSSR count). The molecule has 0 bridgehead atoms. The van der Waals surface area contributed by atoms with Crippen LogP contribution in [0.5, 0.6) is 0 Å². The average molecular weight is 417 g/mol. The minimum atomic E-state index is -0.505. The van der Waals surface area contributed by atoms with Gasteiger partial charge in [-0.2, -0.15) is 0 Å². The number of carbonyl (C=O) groups is 2. The van der Waals surface area contributed by atoms with Crippen LogP contribution in [-0.2, 0) is 4.79 Å². The first kappa shape index (κ1) is 21.6. The van der Waals surface area contributed by atoms with E-state index in [4.69, 9.17) is 0 Å². The van der Waals surface area contributed by atoms with E-state index in [2.05, 4.69) is 17.6 Å². The number of hydrogen-bond donors (Lipinski definition) is 2. The Labute approximate surface area is 168 Å². The molecule has 10 heteroatoms. The number of hydrogen-bond acceptors (Lipinski definition) is 6. The first-order valence-electron chi connectivity index (χ1n) is 8.93. The van der Waals surface area contributed by atoms with Gasteiger partial charge in [-0.3, -0.25) is 19.7 Å². The van der Waals surface area contributed by atoms with Crippen LogP contribution in [0, 0.1) is 15.5 Å². The zero-order valence-corrected chi connectivity index (χ0v) is 16.9. The topological polar surface area (TPSA) is 105 Å². The molecule has 2 aliphatic heterocycles. The van der Waals surface area contributed by atoms with Gasteiger partial charge in [0.05, 0.1) is 9.80 Å². The molecule has 1 atom stereocenters. The molecule has 0 aromatic carbocycles. The zero-order chi connectivity index (χ0) is 18.7. The molecular formula is C17H25ClN4O4S. The van der Waals surface area contributed by atoms with Crippen LogP contribution >= 0.6 is 23.7 Å². The van der Waals surface area contributed by atoms with Crippen LogP contribution in [0.2, 0.25) is 0 Å². The maximum Gasteiger partial charge on any atom is 0.324 e. The van der Waals surface area contributed by atoms with Crippen molar-refractivity contribution in [2.45, 2.75) is 38.6 Å². The Hall–Kier alpha value is -1.71. The predicted octanol–water partition coefficient (Wildman–Crippen LogP) is 2.19. The van der Waals surface area contributed by atoms with Crippen molar-refractivity contribution in [1.82, 2.24) is 15.5 Å². The number of likely N-dealkylation sites (tertiary alicyclic amines) is 1. The van der Waals surface area contributed by atoms with Crippen LogP contribution < -0.4 is 10.6 Å². The highest BCUT2D eigenvalue weighted by molar-refractivity contribution is 7.17. The number of thiophene rings is 1. The van der Waals surface area contributed by atoms with E-state index < -0.39 is 11.0 Å². The van der Waals surface area contributed by atoms with Gasteiger partial charge in [0.1, 0.15) is 6.04 Å². The van der Waals surface area contributed by atoms with Gasteiger partial charge in [-0.25, -0.2) is 0 Å². The average Bonchev–Trinajstić information content (AvgIpc) is 3.29. The summed E-state index contributed by atoms with van der Waals surface area (Å²) in [6, 6.07) is 2.31. The molecule has 3 heterocycles. The SMILES string of the molecule is CC1(CNC(=O)C2CCCN2C(=O)c2ccc([N+](=O)[O-])s2)CCNCC1.Cl. The van der Waals surface area contributed by atoms with Crippen molar-refractivity contribution >= 4 is 40.6 Å². The number of nitro groups is 1. The Morgan fingerprint density at radius 1 is 1.41 bits per heavy atom. The van der Waals surface area contributed by atoms with Gasteiger partial charge in [0.15, 0.2) is 0 Å². The summed E-state index contributed by atoms with van der Waals surface area (Å²) < 4.78 is 0. The second kappa shape index (κ2) is 8.99. The summed E-state index contributed by atoms with van der Waals surface area (Å²) >= 11 is 0.856. The summed E-state index contributed by atoms with van der Waals surface area (Å²) in [6.45, 7) is 5.20. The predicted molar refractivity (Wildman–Crippen MR) is 106 cm³/mol. The molecule has 1 aromatic heterocycles. The Morgan fingerprint density at radius 2 is 2.11 bits per heavy atom. The van der Waals surface area contributed by atoms with Gasteiger partial charge in [-0.15, -0.1) is 12.4 Å². The third-order valence-corrected chi connectivity index (χ3v) is 6.32. The van der Waals surface area contributed by atoms with Gasteiger partial charge in [0.2, 0.25) is 5.91 Å². The van der Waals surface area contributed by atoms with Crippen molar-refractivity contribution in [3.63, 3.8) is 0 Å². The molecule has 0 radical (unpaired) electrons. The monoisotopic (exact) mass is 416 g/mol. The summed E-state index contributed by atoms with van der Waals surface area (Å²) in [7, 11) is 0. The van der Waals surface area contributed by atoms with E-state index in [9.17, 15) is 19.7 Å². The van der Waals surface area contributed by atoms with Gasteiger partial charge in [-0.05, 0) is 50.3 Å². The van der Waals surface area contributed by atoms with Crippen LogP contribution in [0.1, 0.15) is 42.3 Å². The largest absolute Gasteiger partial charge is 0.354 e. The standard InChI is InChI=1S/C17H24N4O4S.ClH/c1-17(6-8-18-9-7-17)11-19-15(22)12-3-2-10-20(12)16(23)13-4-5-14(26-13)21(24)25;/h4-5,12,18H,2-3,6-11H2,1H3,(H,19,22);1H. The van der Waals surface area contributed by atoms with Crippen LogP contribution in [0.4, 0.5) is 5.00 Å². The van der Waals surface area contributed by atoms with Gasteiger partial charge >= 0.3 is 5.00 Å². The number of nitrogens with zero attached hydrogens (tertiary/aromatic N) is 2. The van der Waals surface area contributed by atoms with Crippen molar-refractivity contribution < 1.29 is 14.5 Å². The minimum absolute atomic E-state index is 0. The fraction of sp³-hybridized carbons (Fsp3) is 0.647. The number of rotatable bonds is 5. The molecule has 1 unspecified atom stereocenters. The number of amides is 2. The molecule has 150 valence electrons. The first-order chi connectivity index (χ1) is 12.4. The maximum atomic E-state index is 12.7. The van der Waals surface area contributed by atoms with E-state index >= 15 is 0 Å². The highest BCUT2D eigenvalue weighted by Crippen LogP contribution is 2.29. The number of nitrogens with one attached hydrogen (secondary N) is 2. The quantitative estimate of drug-likeness (QED) is 0.565. The van der Waals surface area contributed by atoms with E-state index in [1.807, 2.05) is 0 Å². The molecule has 2 aliphatic rings. The fourth-order valence-corrected chi connectivity index (χ4v) is 4.37.